The molecule has 1 aromatic carbocycles. The summed E-state index contributed by atoms with van der Waals surface area (Å²) in [5.41, 5.74) is 2.96. The molecule has 0 unspecified atom stereocenters. The first-order valence-electron chi connectivity index (χ1n) is 9.32. The number of aromatic nitrogens is 2. The Morgan fingerprint density at radius 2 is 1.89 bits per heavy atom. The van der Waals surface area contributed by atoms with Gasteiger partial charge >= 0.3 is 0 Å². The van der Waals surface area contributed by atoms with Crippen molar-refractivity contribution < 1.29 is 9.53 Å². The van der Waals surface area contributed by atoms with Crippen LogP contribution >= 0.6 is 11.3 Å². The quantitative estimate of drug-likeness (QED) is 0.551. The first kappa shape index (κ1) is 20.0. The number of benzene rings is 1. The van der Waals surface area contributed by atoms with Crippen molar-refractivity contribution in [3.8, 4) is 17.1 Å². The molecule has 3 aromatic rings. The van der Waals surface area contributed by atoms with Crippen molar-refractivity contribution in [2.75, 3.05) is 11.9 Å². The largest absolute Gasteiger partial charge is 0.494 e. The maximum absolute atomic E-state index is 12.1. The number of anilines is 1. The lowest BCUT2D eigenvalue weighted by Crippen LogP contribution is -2.13. The Morgan fingerprint density at radius 3 is 2.57 bits per heavy atom. The maximum atomic E-state index is 12.1. The fourth-order valence-corrected chi connectivity index (χ4v) is 3.34. The average Bonchev–Trinajstić information content (AvgIpc) is 3.14. The molecule has 0 saturated heterocycles. The highest BCUT2D eigenvalue weighted by molar-refractivity contribution is 7.14. The second-order valence-electron chi connectivity index (χ2n) is 7.53. The van der Waals surface area contributed by atoms with Crippen molar-refractivity contribution >= 4 is 22.4 Å². The predicted molar refractivity (Wildman–Crippen MR) is 114 cm³/mol. The van der Waals surface area contributed by atoms with Crippen LogP contribution in [-0.4, -0.2) is 22.5 Å². The van der Waals surface area contributed by atoms with Crippen LogP contribution in [0.15, 0.2) is 54.0 Å². The van der Waals surface area contributed by atoms with E-state index in [0.29, 0.717) is 24.6 Å². The van der Waals surface area contributed by atoms with E-state index in [2.05, 4.69) is 48.2 Å². The number of ether oxygens (including phenoxy) is 1. The number of nitrogens with zero attached hydrogens (tertiary/aromatic N) is 2. The monoisotopic (exact) mass is 395 g/mol. The number of carbonyl (C=O) groups excluding carboxylic acids is 1. The molecule has 0 bridgehead atoms. The fraction of sp³-hybridized carbons (Fsp3) is 0.318. The molecule has 0 saturated carbocycles. The average molecular weight is 396 g/mol. The number of hydrogen-bond acceptors (Lipinski definition) is 5. The minimum absolute atomic E-state index is 0.0615. The van der Waals surface area contributed by atoms with Crippen molar-refractivity contribution in [3.63, 3.8) is 0 Å². The van der Waals surface area contributed by atoms with Gasteiger partial charge in [-0.25, -0.2) is 4.98 Å². The van der Waals surface area contributed by atoms with Gasteiger partial charge in [-0.1, -0.05) is 39.0 Å². The van der Waals surface area contributed by atoms with Crippen LogP contribution in [0.25, 0.3) is 11.4 Å². The molecule has 6 heteroatoms. The summed E-state index contributed by atoms with van der Waals surface area (Å²) < 4.78 is 5.73. The van der Waals surface area contributed by atoms with Crippen LogP contribution in [-0.2, 0) is 10.2 Å². The third-order valence-electron chi connectivity index (χ3n) is 4.22. The molecular weight excluding hydrogens is 370 g/mol. The van der Waals surface area contributed by atoms with Gasteiger partial charge in [-0.2, -0.15) is 0 Å². The van der Waals surface area contributed by atoms with Crippen LogP contribution in [0.1, 0.15) is 39.2 Å². The third-order valence-corrected chi connectivity index (χ3v) is 4.97. The Labute approximate surface area is 169 Å². The normalized spacial score (nSPS) is 11.2. The Bertz CT molecular complexity index is 900. The number of thiazole rings is 1. The first-order chi connectivity index (χ1) is 13.4. The van der Waals surface area contributed by atoms with Gasteiger partial charge in [0, 0.05) is 18.0 Å². The minimum atomic E-state index is -0.0615. The van der Waals surface area contributed by atoms with Crippen LogP contribution in [0.2, 0.25) is 0 Å². The molecule has 3 rings (SSSR count). The Balaban J connectivity index is 1.41. The van der Waals surface area contributed by atoms with Gasteiger partial charge in [0.05, 0.1) is 12.3 Å². The molecular formula is C22H25N3O2S. The topological polar surface area (TPSA) is 64.1 Å². The van der Waals surface area contributed by atoms with Crippen LogP contribution in [0, 0.1) is 0 Å². The van der Waals surface area contributed by atoms with Gasteiger partial charge in [-0.3, -0.25) is 9.78 Å². The fourth-order valence-electron chi connectivity index (χ4n) is 2.62. The number of nitrogens with one attached hydrogen (secondary N) is 1. The highest BCUT2D eigenvalue weighted by atomic mass is 32.1. The lowest BCUT2D eigenvalue weighted by atomic mass is 9.87. The number of carbonyl (C=O) groups is 1. The summed E-state index contributed by atoms with van der Waals surface area (Å²) >= 11 is 1.40. The summed E-state index contributed by atoms with van der Waals surface area (Å²) in [7, 11) is 0. The van der Waals surface area contributed by atoms with Crippen LogP contribution in [0.5, 0.6) is 5.75 Å². The van der Waals surface area contributed by atoms with E-state index in [4.69, 9.17) is 4.74 Å². The summed E-state index contributed by atoms with van der Waals surface area (Å²) in [6, 6.07) is 13.8. The summed E-state index contributed by atoms with van der Waals surface area (Å²) in [4.78, 5) is 20.8. The van der Waals surface area contributed by atoms with Gasteiger partial charge in [0.15, 0.2) is 5.13 Å². The van der Waals surface area contributed by atoms with Gasteiger partial charge in [0.1, 0.15) is 11.4 Å². The summed E-state index contributed by atoms with van der Waals surface area (Å²) in [6.07, 6.45) is 2.76. The molecule has 0 aliphatic carbocycles. The SMILES string of the molecule is CC(C)(C)c1ccc(OCCCC(=O)Nc2nc(-c3ccccn3)cs2)cc1. The zero-order chi connectivity index (χ0) is 20.0. The number of pyridine rings is 1. The van der Waals surface area contributed by atoms with E-state index in [1.165, 1.54) is 16.9 Å². The number of amides is 1. The van der Waals surface area contributed by atoms with Crippen LogP contribution in [0.4, 0.5) is 5.13 Å². The molecule has 0 fully saturated rings. The highest BCUT2D eigenvalue weighted by Crippen LogP contribution is 2.25. The smallest absolute Gasteiger partial charge is 0.226 e. The van der Waals surface area contributed by atoms with E-state index < -0.39 is 0 Å². The summed E-state index contributed by atoms with van der Waals surface area (Å²) in [5.74, 6) is 0.766. The zero-order valence-corrected chi connectivity index (χ0v) is 17.3. The van der Waals surface area contributed by atoms with E-state index in [9.17, 15) is 4.79 Å². The van der Waals surface area contributed by atoms with Crippen molar-refractivity contribution in [2.24, 2.45) is 0 Å². The Kier molecular flexibility index (Phi) is 6.41. The van der Waals surface area contributed by atoms with E-state index >= 15 is 0 Å². The van der Waals surface area contributed by atoms with E-state index in [1.54, 1.807) is 6.20 Å². The molecule has 2 aromatic heterocycles. The number of hydrogen-bond donors (Lipinski definition) is 1. The molecule has 1 N–H and O–H groups in total. The second-order valence-corrected chi connectivity index (χ2v) is 8.39. The van der Waals surface area contributed by atoms with Crippen molar-refractivity contribution in [1.82, 2.24) is 9.97 Å². The van der Waals surface area contributed by atoms with Crippen molar-refractivity contribution in [1.29, 1.82) is 0 Å². The highest BCUT2D eigenvalue weighted by Gasteiger charge is 2.13. The Hall–Kier alpha value is -2.73. The lowest BCUT2D eigenvalue weighted by molar-refractivity contribution is -0.116. The predicted octanol–water partition coefficient (Wildman–Crippen LogP) is 5.30. The van der Waals surface area contributed by atoms with Crippen LogP contribution < -0.4 is 10.1 Å². The molecule has 2 heterocycles. The molecule has 0 spiro atoms. The maximum Gasteiger partial charge on any atom is 0.226 e. The third kappa shape index (κ3) is 5.63. The minimum Gasteiger partial charge on any atom is -0.494 e. The van der Waals surface area contributed by atoms with Crippen molar-refractivity contribution in [3.05, 3.63) is 59.6 Å². The molecule has 0 aliphatic heterocycles. The lowest BCUT2D eigenvalue weighted by Gasteiger charge is -2.19. The molecule has 0 atom stereocenters. The van der Waals surface area contributed by atoms with Gasteiger partial charge in [0.25, 0.3) is 0 Å². The van der Waals surface area contributed by atoms with Crippen LogP contribution in [0.3, 0.4) is 0 Å². The molecule has 146 valence electrons. The Morgan fingerprint density at radius 1 is 1.11 bits per heavy atom. The van der Waals surface area contributed by atoms with E-state index in [-0.39, 0.29) is 11.3 Å². The standard InChI is InChI=1S/C22H25N3O2S/c1-22(2,3)16-9-11-17(12-10-16)27-14-6-8-20(26)25-21-24-19(15-28-21)18-7-4-5-13-23-18/h4-5,7,9-13,15H,6,8,14H2,1-3H3,(H,24,25,26). The zero-order valence-electron chi connectivity index (χ0n) is 16.4. The van der Waals surface area contributed by atoms with Gasteiger partial charge < -0.3 is 10.1 Å². The number of rotatable bonds is 7. The molecule has 0 aliphatic rings. The van der Waals surface area contributed by atoms with E-state index in [0.717, 1.165) is 17.1 Å². The molecule has 1 amide bonds. The van der Waals surface area contributed by atoms with Gasteiger partial charge in [-0.05, 0) is 41.7 Å². The van der Waals surface area contributed by atoms with Gasteiger partial charge in [0.2, 0.25) is 5.91 Å². The molecule has 28 heavy (non-hydrogen) atoms. The van der Waals surface area contributed by atoms with Gasteiger partial charge in [-0.15, -0.1) is 11.3 Å². The summed E-state index contributed by atoms with van der Waals surface area (Å²) in [6.45, 7) is 7.05. The molecule has 0 radical (unpaired) electrons. The van der Waals surface area contributed by atoms with Crippen molar-refractivity contribution in [2.45, 2.75) is 39.0 Å². The second kappa shape index (κ2) is 8.97. The first-order valence-corrected chi connectivity index (χ1v) is 10.2. The van der Waals surface area contributed by atoms with E-state index in [1.807, 2.05) is 35.7 Å². The summed E-state index contributed by atoms with van der Waals surface area (Å²) in [5, 5.41) is 5.32. The molecule has 5 nitrogen and oxygen atoms in total.